The molecule has 6 nitrogen and oxygen atoms in total. The fraction of sp³-hybridized carbons (Fsp3) is 0.400. The molecule has 0 saturated heterocycles. The highest BCUT2D eigenvalue weighted by Crippen LogP contribution is 2.37. The van der Waals surface area contributed by atoms with E-state index in [0.29, 0.717) is 5.82 Å². The molecule has 3 N–H and O–H groups in total. The van der Waals surface area contributed by atoms with Crippen LogP contribution in [0.3, 0.4) is 0 Å². The van der Waals surface area contributed by atoms with Crippen molar-refractivity contribution in [3.63, 3.8) is 0 Å². The summed E-state index contributed by atoms with van der Waals surface area (Å²) in [5.74, 6) is 6.04. The van der Waals surface area contributed by atoms with Gasteiger partial charge in [-0.25, -0.2) is 10.9 Å². The van der Waals surface area contributed by atoms with Gasteiger partial charge in [0.05, 0.1) is 19.2 Å². The third-order valence-electron chi connectivity index (χ3n) is 5.07. The summed E-state index contributed by atoms with van der Waals surface area (Å²) in [6, 6.07) is 7.82. The summed E-state index contributed by atoms with van der Waals surface area (Å²) < 4.78 is 5.64. The van der Waals surface area contributed by atoms with Gasteiger partial charge in [0.1, 0.15) is 5.82 Å². The normalized spacial score (nSPS) is 20.0. The topological polar surface area (TPSA) is 84.7 Å². The van der Waals surface area contributed by atoms with Crippen LogP contribution in [0, 0.1) is 5.92 Å². The van der Waals surface area contributed by atoms with Crippen LogP contribution >= 0.6 is 15.9 Å². The van der Waals surface area contributed by atoms with Gasteiger partial charge in [0.25, 0.3) is 5.91 Å². The Hall–Kier alpha value is -2.12. The Balaban J connectivity index is 2.03. The average molecular weight is 434 g/mol. The zero-order valence-electron chi connectivity index (χ0n) is 15.3. The van der Waals surface area contributed by atoms with E-state index in [9.17, 15) is 9.59 Å². The van der Waals surface area contributed by atoms with E-state index in [1.165, 1.54) is 13.5 Å². The molecule has 1 aromatic carbocycles. The van der Waals surface area contributed by atoms with Gasteiger partial charge in [0.2, 0.25) is 0 Å². The lowest BCUT2D eigenvalue weighted by atomic mass is 9.81. The van der Waals surface area contributed by atoms with Gasteiger partial charge in [-0.15, -0.1) is 0 Å². The van der Waals surface area contributed by atoms with Crippen molar-refractivity contribution in [1.82, 2.24) is 10.3 Å². The first kappa shape index (κ1) is 19.6. The Bertz CT molecular complexity index is 780. The number of nitrogens with zero attached hydrogens (tertiary/aromatic N) is 1. The molecule has 0 atom stereocenters. The number of carbonyl (C=O) groups is 2. The third kappa shape index (κ3) is 4.42. The molecule has 1 saturated carbocycles. The SMILES string of the molecule is COC(=O)C/C=C1/NC(c2ccc(Br)cc2)=C(C2CCCCC2)C(=O)N1N. The fourth-order valence-electron chi connectivity index (χ4n) is 3.63. The predicted molar refractivity (Wildman–Crippen MR) is 107 cm³/mol. The fourth-order valence-corrected chi connectivity index (χ4v) is 3.89. The number of nitrogens with one attached hydrogen (secondary N) is 1. The number of amides is 1. The van der Waals surface area contributed by atoms with Crippen LogP contribution < -0.4 is 11.2 Å². The lowest BCUT2D eigenvalue weighted by Gasteiger charge is -2.35. The van der Waals surface area contributed by atoms with E-state index in [2.05, 4.69) is 26.0 Å². The lowest BCUT2D eigenvalue weighted by Crippen LogP contribution is -2.48. The monoisotopic (exact) mass is 433 g/mol. The molecule has 1 amide bonds. The molecule has 0 unspecified atom stereocenters. The highest BCUT2D eigenvalue weighted by molar-refractivity contribution is 9.10. The molecule has 27 heavy (non-hydrogen) atoms. The zero-order chi connectivity index (χ0) is 19.4. The molecule has 0 spiro atoms. The summed E-state index contributed by atoms with van der Waals surface area (Å²) in [4.78, 5) is 24.6. The van der Waals surface area contributed by atoms with Crippen molar-refractivity contribution in [3.05, 3.63) is 51.8 Å². The number of hydrazine groups is 1. The molecule has 7 heteroatoms. The van der Waals surface area contributed by atoms with Crippen LogP contribution in [0.15, 0.2) is 46.2 Å². The number of benzene rings is 1. The molecule has 1 aliphatic carbocycles. The van der Waals surface area contributed by atoms with Crippen molar-refractivity contribution >= 4 is 33.5 Å². The number of methoxy groups -OCH3 is 1. The van der Waals surface area contributed by atoms with Gasteiger partial charge >= 0.3 is 5.97 Å². The maximum atomic E-state index is 13.1. The van der Waals surface area contributed by atoms with Crippen LogP contribution in [-0.2, 0) is 14.3 Å². The van der Waals surface area contributed by atoms with Gasteiger partial charge < -0.3 is 10.1 Å². The van der Waals surface area contributed by atoms with Crippen molar-refractivity contribution < 1.29 is 14.3 Å². The van der Waals surface area contributed by atoms with E-state index in [0.717, 1.165) is 52.0 Å². The number of carbonyl (C=O) groups excluding carboxylic acids is 2. The number of nitrogens with two attached hydrogens (primary N) is 1. The summed E-state index contributed by atoms with van der Waals surface area (Å²) in [5, 5.41) is 4.40. The maximum absolute atomic E-state index is 13.1. The lowest BCUT2D eigenvalue weighted by molar-refractivity contribution is -0.139. The average Bonchev–Trinajstić information content (AvgIpc) is 2.70. The minimum Gasteiger partial charge on any atom is -0.469 e. The summed E-state index contributed by atoms with van der Waals surface area (Å²) in [5.41, 5.74) is 2.43. The zero-order valence-corrected chi connectivity index (χ0v) is 16.9. The third-order valence-corrected chi connectivity index (χ3v) is 5.60. The molecule has 0 radical (unpaired) electrons. The largest absolute Gasteiger partial charge is 0.469 e. The van der Waals surface area contributed by atoms with Crippen LogP contribution in [0.2, 0.25) is 0 Å². The molecule has 0 aromatic heterocycles. The van der Waals surface area contributed by atoms with E-state index in [1.54, 1.807) is 6.08 Å². The molecule has 0 bridgehead atoms. The Morgan fingerprint density at radius 2 is 1.96 bits per heavy atom. The first-order valence-electron chi connectivity index (χ1n) is 9.14. The molecule has 1 aliphatic heterocycles. The Kier molecular flexibility index (Phi) is 6.34. The molecule has 1 fully saturated rings. The van der Waals surface area contributed by atoms with Crippen LogP contribution in [0.25, 0.3) is 5.70 Å². The van der Waals surface area contributed by atoms with Crippen molar-refractivity contribution in [2.24, 2.45) is 11.8 Å². The van der Waals surface area contributed by atoms with E-state index < -0.39 is 5.97 Å². The van der Waals surface area contributed by atoms with Crippen molar-refractivity contribution in [2.45, 2.75) is 38.5 Å². The second-order valence-electron chi connectivity index (χ2n) is 6.80. The van der Waals surface area contributed by atoms with Crippen molar-refractivity contribution in [2.75, 3.05) is 7.11 Å². The number of ether oxygens (including phenoxy) is 1. The van der Waals surface area contributed by atoms with Crippen LogP contribution in [-0.4, -0.2) is 24.0 Å². The van der Waals surface area contributed by atoms with E-state index in [-0.39, 0.29) is 18.2 Å². The number of halogens is 1. The number of rotatable bonds is 4. The van der Waals surface area contributed by atoms with Crippen molar-refractivity contribution in [3.8, 4) is 0 Å². The minimum atomic E-state index is -0.391. The van der Waals surface area contributed by atoms with Gasteiger partial charge in [-0.2, -0.15) is 0 Å². The molecule has 1 aromatic rings. The van der Waals surface area contributed by atoms with Gasteiger partial charge in [-0.05, 0) is 42.5 Å². The van der Waals surface area contributed by atoms with E-state index in [1.807, 2.05) is 24.3 Å². The second kappa shape index (κ2) is 8.71. The Morgan fingerprint density at radius 1 is 1.30 bits per heavy atom. The van der Waals surface area contributed by atoms with Crippen LogP contribution in [0.1, 0.15) is 44.1 Å². The molecule has 1 heterocycles. The molecular weight excluding hydrogens is 410 g/mol. The van der Waals surface area contributed by atoms with Crippen molar-refractivity contribution in [1.29, 1.82) is 0 Å². The minimum absolute atomic E-state index is 0.0339. The Labute approximate surface area is 167 Å². The van der Waals surface area contributed by atoms with Gasteiger partial charge in [-0.1, -0.05) is 47.3 Å². The Morgan fingerprint density at radius 3 is 2.59 bits per heavy atom. The van der Waals surface area contributed by atoms with E-state index >= 15 is 0 Å². The molecule has 2 aliphatic rings. The highest BCUT2D eigenvalue weighted by Gasteiger charge is 2.34. The second-order valence-corrected chi connectivity index (χ2v) is 7.72. The summed E-state index contributed by atoms with van der Waals surface area (Å²) >= 11 is 3.45. The van der Waals surface area contributed by atoms with Gasteiger partial charge in [0.15, 0.2) is 0 Å². The van der Waals surface area contributed by atoms with Crippen LogP contribution in [0.4, 0.5) is 0 Å². The highest BCUT2D eigenvalue weighted by atomic mass is 79.9. The number of hydrogen-bond acceptors (Lipinski definition) is 5. The molecular formula is C20H24BrN3O3. The van der Waals surface area contributed by atoms with Gasteiger partial charge in [-0.3, -0.25) is 9.59 Å². The summed E-state index contributed by atoms with van der Waals surface area (Å²) in [6.45, 7) is 0. The first-order chi connectivity index (χ1) is 13.0. The smallest absolute Gasteiger partial charge is 0.309 e. The quantitative estimate of drug-likeness (QED) is 0.431. The number of hydrogen-bond donors (Lipinski definition) is 2. The standard InChI is InChI=1S/C20H24BrN3O3/c1-27-17(25)12-11-16-23-19(14-7-9-15(21)10-8-14)18(20(26)24(16)22)13-5-3-2-4-6-13/h7-11,13,23H,2-6,12,22H2,1H3/b16-11-. The predicted octanol–water partition coefficient (Wildman–Crippen LogP) is 3.45. The van der Waals surface area contributed by atoms with Crippen LogP contribution in [0.5, 0.6) is 0 Å². The van der Waals surface area contributed by atoms with Gasteiger partial charge in [0, 0.05) is 10.0 Å². The summed E-state index contributed by atoms with van der Waals surface area (Å²) in [7, 11) is 1.33. The molecule has 144 valence electrons. The number of esters is 1. The summed E-state index contributed by atoms with van der Waals surface area (Å²) in [6.07, 6.45) is 7.02. The first-order valence-corrected chi connectivity index (χ1v) is 9.94. The maximum Gasteiger partial charge on any atom is 0.309 e. The van der Waals surface area contributed by atoms with E-state index in [4.69, 9.17) is 5.84 Å². The molecule has 3 rings (SSSR count).